The molecule has 0 amide bonds. The first-order valence-electron chi connectivity index (χ1n) is 31.8. The minimum atomic E-state index is -1.92. The highest BCUT2D eigenvalue weighted by molar-refractivity contribution is 5.32. The van der Waals surface area contributed by atoms with E-state index in [9.17, 15) is 86.8 Å². The molecule has 17 N–H and O–H groups in total. The Morgan fingerprint density at radius 3 is 1.74 bits per heavy atom. The summed E-state index contributed by atoms with van der Waals surface area (Å²) in [5, 5.41) is 184. The van der Waals surface area contributed by atoms with Crippen LogP contribution < -0.4 is 0 Å². The Labute approximate surface area is 514 Å². The average Bonchev–Trinajstić information content (AvgIpc) is 1.30. The largest absolute Gasteiger partial charge is 0.394 e. The number of hydrogen-bond acceptors (Lipinski definition) is 27. The first kappa shape index (κ1) is 71.0. The summed E-state index contributed by atoms with van der Waals surface area (Å²) in [6, 6.07) is 0. The Balaban J connectivity index is 0.879. The number of fused-ring (bicyclic) bond motifs is 5. The minimum Gasteiger partial charge on any atom is -0.394 e. The lowest BCUT2D eigenvalue weighted by atomic mass is 9.38. The molecule has 0 aromatic heterocycles. The van der Waals surface area contributed by atoms with Crippen molar-refractivity contribution >= 4 is 0 Å². The van der Waals surface area contributed by atoms with E-state index in [1.54, 1.807) is 20.8 Å². The smallest absolute Gasteiger partial charge is 0.187 e. The van der Waals surface area contributed by atoms with Gasteiger partial charge in [-0.25, -0.2) is 0 Å². The number of allylic oxidation sites excluding steroid dienone is 1. The van der Waals surface area contributed by atoms with Gasteiger partial charge in [0, 0.05) is 23.2 Å². The quantitative estimate of drug-likeness (QED) is 0.0537. The van der Waals surface area contributed by atoms with Crippen molar-refractivity contribution in [1.29, 1.82) is 0 Å². The predicted octanol–water partition coefficient (Wildman–Crippen LogP) is -3.10. The predicted molar refractivity (Wildman–Crippen MR) is 302 cm³/mol. The third kappa shape index (κ3) is 13.0. The van der Waals surface area contributed by atoms with Gasteiger partial charge in [0.2, 0.25) is 0 Å². The molecule has 0 aromatic carbocycles. The Hall–Kier alpha value is -1.34. The van der Waals surface area contributed by atoms with Gasteiger partial charge in [0.05, 0.1) is 75.3 Å². The summed E-state index contributed by atoms with van der Waals surface area (Å²) in [5.41, 5.74) is -2.18. The fourth-order valence-electron chi connectivity index (χ4n) is 17.2. The fraction of sp³-hybridized carbons (Fsp3) is 0.967. The van der Waals surface area contributed by atoms with Gasteiger partial charge in [0.25, 0.3) is 0 Å². The highest BCUT2D eigenvalue weighted by atomic mass is 16.8. The number of hydrogen-bond donors (Lipinski definition) is 17. The summed E-state index contributed by atoms with van der Waals surface area (Å²) in [7, 11) is 0. The first-order chi connectivity index (χ1) is 41.2. The van der Waals surface area contributed by atoms with Gasteiger partial charge in [-0.2, -0.15) is 0 Å². The van der Waals surface area contributed by atoms with Gasteiger partial charge < -0.3 is 134 Å². The van der Waals surface area contributed by atoms with Crippen LogP contribution >= 0.6 is 0 Å². The van der Waals surface area contributed by atoms with Crippen molar-refractivity contribution in [3.05, 3.63) is 11.6 Å². The number of aliphatic hydroxyl groups is 17. The van der Waals surface area contributed by atoms with Crippen molar-refractivity contribution in [3.8, 4) is 0 Å². The van der Waals surface area contributed by atoms with E-state index < -0.39 is 208 Å². The third-order valence-corrected chi connectivity index (χ3v) is 23.1. The standard InChI is InChI=1S/C61H104O27/c1-25(10-14-39(58(5,6)78)87-56-51(88-55-50(77)47(74)44(71)34(22-64)84-55)48(75)45(72)35(85-56)24-80-52-41(68)26(2)40(67)32(20-62)82-52)28-16-17-59(7)36-13-11-29-30(61(36,9)37(66)19-60(28,59)8)12-15-38(57(29,3)4)86-54-42(69)31(65)18-27(81-54)23-79-53-49(76)46(73)43(70)33(21-63)83-53/h11,25-28,30-56,62-78H,10,12-24H2,1-9H3/t25-,26+,27+,28?,30?,31+,32-,33-,34+,35-,36?,37-,38+,39-,40+,41-,42-,43-,44+,45-,46+,47-,48+,49-,50+,51-,52-,53+,54+,55-,56+,59+,60-,61+/m1/s1. The van der Waals surface area contributed by atoms with Gasteiger partial charge >= 0.3 is 0 Å². The molecule has 27 heteroatoms. The molecule has 0 bridgehead atoms. The van der Waals surface area contributed by atoms with Crippen LogP contribution in [0.1, 0.15) is 120 Å². The summed E-state index contributed by atoms with van der Waals surface area (Å²) in [4.78, 5) is 0. The Bertz CT molecular complexity index is 2310. The number of aliphatic hydroxyl groups excluding tert-OH is 16. The highest BCUT2D eigenvalue weighted by Crippen LogP contribution is 2.75. The highest BCUT2D eigenvalue weighted by Gasteiger charge is 2.70. The maximum Gasteiger partial charge on any atom is 0.187 e. The molecule has 9 rings (SSSR count). The third-order valence-electron chi connectivity index (χ3n) is 23.1. The van der Waals surface area contributed by atoms with Crippen molar-refractivity contribution in [2.75, 3.05) is 33.0 Å². The van der Waals surface area contributed by atoms with Crippen LogP contribution in [0.2, 0.25) is 0 Å². The van der Waals surface area contributed by atoms with E-state index in [1.165, 1.54) is 0 Å². The van der Waals surface area contributed by atoms with Crippen molar-refractivity contribution < 1.29 is 134 Å². The zero-order valence-corrected chi connectivity index (χ0v) is 52.1. The molecule has 8 fully saturated rings. The van der Waals surface area contributed by atoms with Gasteiger partial charge in [-0.1, -0.05) is 60.1 Å². The Morgan fingerprint density at radius 1 is 0.580 bits per heavy atom. The van der Waals surface area contributed by atoms with Crippen molar-refractivity contribution in [2.24, 2.45) is 51.2 Å². The topological polar surface area (TPSA) is 436 Å². The van der Waals surface area contributed by atoms with E-state index in [4.69, 9.17) is 47.4 Å². The second-order valence-electron chi connectivity index (χ2n) is 29.0. The molecule has 3 unspecified atom stereocenters. The van der Waals surface area contributed by atoms with Gasteiger partial charge in [0.1, 0.15) is 91.6 Å². The van der Waals surface area contributed by atoms with Gasteiger partial charge in [-0.3, -0.25) is 0 Å². The molecule has 0 aromatic rings. The van der Waals surface area contributed by atoms with Crippen LogP contribution in [0.25, 0.3) is 0 Å². The van der Waals surface area contributed by atoms with Crippen LogP contribution in [0.15, 0.2) is 11.6 Å². The molecule has 9 aliphatic rings. The average molecular weight is 1270 g/mol. The lowest BCUT2D eigenvalue weighted by molar-refractivity contribution is -0.380. The van der Waals surface area contributed by atoms with Crippen molar-refractivity contribution in [2.45, 2.75) is 285 Å². The van der Waals surface area contributed by atoms with Crippen LogP contribution in [-0.2, 0) is 47.4 Å². The molecule has 3 saturated carbocycles. The van der Waals surface area contributed by atoms with Crippen molar-refractivity contribution in [1.82, 2.24) is 0 Å². The van der Waals surface area contributed by atoms with Gasteiger partial charge in [-0.05, 0) is 99.7 Å². The normalized spacial score (nSPS) is 51.4. The Kier molecular flexibility index (Phi) is 22.1. The van der Waals surface area contributed by atoms with E-state index >= 15 is 0 Å². The molecule has 34 atom stereocenters. The van der Waals surface area contributed by atoms with E-state index in [-0.39, 0.29) is 54.0 Å². The minimum absolute atomic E-state index is 0.000355. The zero-order chi connectivity index (χ0) is 64.7. The van der Waals surface area contributed by atoms with Crippen LogP contribution in [-0.4, -0.2) is 285 Å². The molecule has 5 saturated heterocycles. The monoisotopic (exact) mass is 1270 g/mol. The molecule has 0 radical (unpaired) electrons. The van der Waals surface area contributed by atoms with E-state index in [0.717, 1.165) is 18.4 Å². The van der Waals surface area contributed by atoms with Gasteiger partial charge in [0.15, 0.2) is 31.5 Å². The van der Waals surface area contributed by atoms with E-state index in [1.807, 2.05) is 0 Å². The molecular formula is C61H104O27. The summed E-state index contributed by atoms with van der Waals surface area (Å²) in [6.07, 6.45) is -29.6. The molecule has 5 heterocycles. The number of rotatable bonds is 20. The molecule has 510 valence electrons. The molecule has 4 aliphatic carbocycles. The van der Waals surface area contributed by atoms with E-state index in [0.29, 0.717) is 32.1 Å². The molecule has 0 spiro atoms. The zero-order valence-electron chi connectivity index (χ0n) is 52.1. The molecule has 27 nitrogen and oxygen atoms in total. The van der Waals surface area contributed by atoms with E-state index in [2.05, 4.69) is 47.6 Å². The summed E-state index contributed by atoms with van der Waals surface area (Å²) >= 11 is 0. The van der Waals surface area contributed by atoms with Crippen LogP contribution in [0.5, 0.6) is 0 Å². The first-order valence-corrected chi connectivity index (χ1v) is 31.8. The number of ether oxygens (including phenoxy) is 10. The lowest BCUT2D eigenvalue weighted by Crippen LogP contribution is -2.65. The van der Waals surface area contributed by atoms with Crippen LogP contribution in [0.4, 0.5) is 0 Å². The van der Waals surface area contributed by atoms with Crippen LogP contribution in [0, 0.1) is 51.2 Å². The molecule has 88 heavy (non-hydrogen) atoms. The molecule has 5 aliphatic heterocycles. The maximum absolute atomic E-state index is 12.8. The Morgan fingerprint density at radius 2 is 1.12 bits per heavy atom. The molecular weight excluding hydrogens is 1160 g/mol. The second kappa shape index (κ2) is 27.4. The van der Waals surface area contributed by atoms with Gasteiger partial charge in [-0.15, -0.1) is 0 Å². The summed E-state index contributed by atoms with van der Waals surface area (Å²) < 4.78 is 60.2. The van der Waals surface area contributed by atoms with Crippen LogP contribution in [0.3, 0.4) is 0 Å². The lowest BCUT2D eigenvalue weighted by Gasteiger charge is -2.67. The second-order valence-corrected chi connectivity index (χ2v) is 29.0. The maximum atomic E-state index is 12.8. The van der Waals surface area contributed by atoms with Crippen molar-refractivity contribution in [3.63, 3.8) is 0 Å². The summed E-state index contributed by atoms with van der Waals surface area (Å²) in [5.74, 6) is -0.641. The SMILES string of the molecule is C[C@@H]1[C@@H](O)[C@H](OC[C@H]2O[C@@H](O[C@H](CC[C@@H](C)C3CC[C@@]4(C)C5CC=C6C(CC[C@H](O[C@@H]7O[C@H](CO[C@H]8O[C@H](CO)[C@@H](O)[C@H](O)[C@H]8O)C[C@H](O)[C@H]7O)C6(C)C)[C@]5(C)[C@H](O)C[C@]34C)C(C)(C)O)[C@H](O[C@H]3O[C@@H](CO)[C@H](O)[C@@H](O)[C@@H]3O)[C@@H](O)[C@@H]2O)O[C@H](CO)[C@H]1O. The summed E-state index contributed by atoms with van der Waals surface area (Å²) in [6.45, 7) is 15.1. The fourth-order valence-corrected chi connectivity index (χ4v) is 17.2.